The summed E-state index contributed by atoms with van der Waals surface area (Å²) in [5.74, 6) is -4.53. The largest absolute Gasteiger partial charge is 0.363 e. The van der Waals surface area contributed by atoms with Gasteiger partial charge in [-0.15, -0.1) is 0 Å². The zero-order valence-electron chi connectivity index (χ0n) is 26.3. The first-order valence-corrected chi connectivity index (χ1v) is 15.0. The number of fused-ring (bicyclic) bond motifs is 2. The lowest BCUT2D eigenvalue weighted by Crippen LogP contribution is -2.49. The second-order valence-electron chi connectivity index (χ2n) is 13.5. The highest BCUT2D eigenvalue weighted by atomic mass is 16.9. The molecule has 6 heterocycles. The van der Waals surface area contributed by atoms with E-state index in [0.717, 1.165) is 0 Å². The van der Waals surface area contributed by atoms with Crippen LogP contribution in [0.4, 0.5) is 0 Å². The first-order chi connectivity index (χ1) is 20.5. The minimum Gasteiger partial charge on any atom is -0.363 e. The standard InChI is InChI=1S/C28H44N2O14/c1-25(2)35-9-13(39-25)17-19(21-23(37-17)43-27(5,6)41-21)33-11-15(31)29-30-16(32)12-34-20-18(14-10-36-26(3,4)40-14)38-24-22(20)42-28(7,8)44-24/h13-14,17-24H,9-12H2,1-8H3,(H,29,31)(H,30,32)/t13-,14-,17+,18+,19-,20-,21+,22+,23+,24+/m0/s1. The Labute approximate surface area is 255 Å². The van der Waals surface area contributed by atoms with Gasteiger partial charge in [0.25, 0.3) is 11.8 Å². The number of ether oxygens (including phenoxy) is 12. The average Bonchev–Trinajstić information content (AvgIpc) is 3.71. The molecule has 0 aromatic heterocycles. The van der Waals surface area contributed by atoms with E-state index in [2.05, 4.69) is 10.9 Å². The summed E-state index contributed by atoms with van der Waals surface area (Å²) in [5, 5.41) is 0. The summed E-state index contributed by atoms with van der Waals surface area (Å²) >= 11 is 0. The Kier molecular flexibility index (Phi) is 8.55. The first-order valence-electron chi connectivity index (χ1n) is 15.0. The molecular weight excluding hydrogens is 588 g/mol. The molecular formula is C28H44N2O14. The third kappa shape index (κ3) is 6.91. The van der Waals surface area contributed by atoms with Gasteiger partial charge in [-0.3, -0.25) is 20.4 Å². The van der Waals surface area contributed by atoms with Crippen LogP contribution in [0.5, 0.6) is 0 Å². The highest BCUT2D eigenvalue weighted by Gasteiger charge is 2.60. The van der Waals surface area contributed by atoms with Gasteiger partial charge in [-0.25, -0.2) is 0 Å². The van der Waals surface area contributed by atoms with Gasteiger partial charge in [0, 0.05) is 0 Å². The quantitative estimate of drug-likeness (QED) is 0.342. The number of carbonyl (C=O) groups excluding carboxylic acids is 2. The summed E-state index contributed by atoms with van der Waals surface area (Å²) in [6, 6.07) is 0. The fourth-order valence-electron chi connectivity index (χ4n) is 6.30. The van der Waals surface area contributed by atoms with E-state index in [9.17, 15) is 9.59 Å². The Hall–Kier alpha value is -1.54. The van der Waals surface area contributed by atoms with Crippen molar-refractivity contribution < 1.29 is 66.4 Å². The molecule has 6 aliphatic rings. The molecule has 16 heteroatoms. The molecule has 0 bridgehead atoms. The number of hydrazine groups is 1. The molecule has 6 rings (SSSR count). The molecule has 0 radical (unpaired) electrons. The number of amides is 2. The monoisotopic (exact) mass is 632 g/mol. The Morgan fingerprint density at radius 2 is 0.955 bits per heavy atom. The van der Waals surface area contributed by atoms with Crippen LogP contribution in [0.3, 0.4) is 0 Å². The SMILES string of the molecule is CC1(C)O[C@H]2O[C@H]([C@@H]3COC(C)(C)O3)[C@H](OCC(=O)NNC(=O)CO[C@@H]3[C@H]4OC(C)(C)O[C@H]4O[C@@H]3[C@@H]3COC(C)(C)O3)[C@H]2O1. The third-order valence-corrected chi connectivity index (χ3v) is 8.00. The van der Waals surface area contributed by atoms with Gasteiger partial charge in [-0.2, -0.15) is 0 Å². The van der Waals surface area contributed by atoms with Gasteiger partial charge in [0.2, 0.25) is 0 Å². The van der Waals surface area contributed by atoms with E-state index in [1.807, 2.05) is 0 Å². The topological polar surface area (TPSA) is 169 Å². The normalized spacial score (nSPS) is 42.7. The highest BCUT2D eigenvalue weighted by molar-refractivity contribution is 5.83. The minimum absolute atomic E-state index is 0.281. The zero-order chi connectivity index (χ0) is 31.7. The summed E-state index contributed by atoms with van der Waals surface area (Å²) in [6.45, 7) is 14.1. The number of carbonyl (C=O) groups is 2. The smallest absolute Gasteiger partial charge is 0.264 e. The van der Waals surface area contributed by atoms with Crippen LogP contribution in [0.2, 0.25) is 0 Å². The number of hydrogen-bond acceptors (Lipinski definition) is 14. The summed E-state index contributed by atoms with van der Waals surface area (Å²) in [4.78, 5) is 25.4. The summed E-state index contributed by atoms with van der Waals surface area (Å²) < 4.78 is 71.1. The van der Waals surface area contributed by atoms with Crippen molar-refractivity contribution in [1.29, 1.82) is 0 Å². The van der Waals surface area contributed by atoms with Crippen LogP contribution >= 0.6 is 0 Å². The predicted octanol–water partition coefficient (Wildman–Crippen LogP) is -0.0400. The van der Waals surface area contributed by atoms with Gasteiger partial charge in [0.1, 0.15) is 62.0 Å². The molecule has 6 fully saturated rings. The van der Waals surface area contributed by atoms with Gasteiger partial charge in [-0.1, -0.05) is 0 Å². The Morgan fingerprint density at radius 3 is 1.30 bits per heavy atom. The Balaban J connectivity index is 0.996. The lowest BCUT2D eigenvalue weighted by Gasteiger charge is -2.29. The first kappa shape index (κ1) is 32.4. The molecule has 0 aliphatic carbocycles. The van der Waals surface area contributed by atoms with Crippen molar-refractivity contribution >= 4 is 11.8 Å². The van der Waals surface area contributed by atoms with Crippen molar-refractivity contribution in [2.45, 2.75) is 140 Å². The van der Waals surface area contributed by atoms with Crippen LogP contribution in [0.25, 0.3) is 0 Å². The minimum atomic E-state index is -0.883. The molecule has 0 aromatic carbocycles. The number of hydrogen-bond donors (Lipinski definition) is 2. The second kappa shape index (κ2) is 11.6. The fraction of sp³-hybridized carbons (Fsp3) is 0.929. The second-order valence-corrected chi connectivity index (χ2v) is 13.5. The van der Waals surface area contributed by atoms with E-state index in [-0.39, 0.29) is 13.2 Å². The van der Waals surface area contributed by atoms with Gasteiger partial charge < -0.3 is 56.8 Å². The molecule has 44 heavy (non-hydrogen) atoms. The van der Waals surface area contributed by atoms with E-state index >= 15 is 0 Å². The van der Waals surface area contributed by atoms with Crippen molar-refractivity contribution in [2.75, 3.05) is 26.4 Å². The van der Waals surface area contributed by atoms with Crippen molar-refractivity contribution in [1.82, 2.24) is 10.9 Å². The van der Waals surface area contributed by atoms with Gasteiger partial charge >= 0.3 is 0 Å². The van der Waals surface area contributed by atoms with Crippen LogP contribution in [-0.4, -0.2) is 123 Å². The maximum absolute atomic E-state index is 12.7. The molecule has 0 saturated carbocycles. The molecule has 2 amide bonds. The maximum atomic E-state index is 12.7. The molecule has 6 aliphatic heterocycles. The third-order valence-electron chi connectivity index (χ3n) is 8.00. The van der Waals surface area contributed by atoms with E-state index in [1.54, 1.807) is 55.4 Å². The Bertz CT molecular complexity index is 1020. The number of nitrogens with one attached hydrogen (secondary N) is 2. The summed E-state index contributed by atoms with van der Waals surface area (Å²) in [6.07, 6.45) is -6.05. The van der Waals surface area contributed by atoms with Crippen LogP contribution in [0, 0.1) is 0 Å². The number of rotatable bonds is 8. The van der Waals surface area contributed by atoms with Gasteiger partial charge in [0.15, 0.2) is 35.7 Å². The predicted molar refractivity (Wildman–Crippen MR) is 143 cm³/mol. The molecule has 2 N–H and O–H groups in total. The van der Waals surface area contributed by atoms with Crippen LogP contribution in [0.1, 0.15) is 55.4 Å². The molecule has 0 spiro atoms. The van der Waals surface area contributed by atoms with E-state index in [4.69, 9.17) is 56.8 Å². The highest BCUT2D eigenvalue weighted by Crippen LogP contribution is 2.43. The maximum Gasteiger partial charge on any atom is 0.264 e. The van der Waals surface area contributed by atoms with E-state index in [0.29, 0.717) is 0 Å². The summed E-state index contributed by atoms with van der Waals surface area (Å²) in [5.41, 5.74) is 4.69. The molecule has 10 atom stereocenters. The van der Waals surface area contributed by atoms with Crippen LogP contribution < -0.4 is 10.9 Å². The fourth-order valence-corrected chi connectivity index (χ4v) is 6.30. The van der Waals surface area contributed by atoms with Crippen molar-refractivity contribution in [2.24, 2.45) is 0 Å². The molecule has 16 nitrogen and oxygen atoms in total. The van der Waals surface area contributed by atoms with Crippen molar-refractivity contribution in [3.05, 3.63) is 0 Å². The molecule has 250 valence electrons. The van der Waals surface area contributed by atoms with E-state index < -0.39 is 110 Å². The molecule has 6 saturated heterocycles. The Morgan fingerprint density at radius 1 is 0.568 bits per heavy atom. The van der Waals surface area contributed by atoms with Crippen molar-refractivity contribution in [3.63, 3.8) is 0 Å². The lowest BCUT2D eigenvalue weighted by atomic mass is 10.1. The lowest BCUT2D eigenvalue weighted by molar-refractivity contribution is -0.236. The molecule has 0 aromatic rings. The van der Waals surface area contributed by atoms with Crippen LogP contribution in [-0.2, 0) is 66.4 Å². The zero-order valence-corrected chi connectivity index (χ0v) is 26.3. The van der Waals surface area contributed by atoms with Gasteiger partial charge in [-0.05, 0) is 55.4 Å². The van der Waals surface area contributed by atoms with E-state index in [1.165, 1.54) is 0 Å². The van der Waals surface area contributed by atoms with Crippen molar-refractivity contribution in [3.8, 4) is 0 Å². The summed E-state index contributed by atoms with van der Waals surface area (Å²) in [7, 11) is 0. The molecule has 0 unspecified atom stereocenters. The average molecular weight is 633 g/mol. The van der Waals surface area contributed by atoms with Gasteiger partial charge in [0.05, 0.1) is 13.2 Å². The van der Waals surface area contributed by atoms with Crippen LogP contribution in [0.15, 0.2) is 0 Å².